The molecule has 0 spiro atoms. The summed E-state index contributed by atoms with van der Waals surface area (Å²) in [6, 6.07) is 9.82. The predicted octanol–water partition coefficient (Wildman–Crippen LogP) is 2.89. The summed E-state index contributed by atoms with van der Waals surface area (Å²) in [7, 11) is 0.666. The van der Waals surface area contributed by atoms with Gasteiger partial charge >= 0.3 is 0 Å². The molecule has 0 aromatic heterocycles. The smallest absolute Gasteiger partial charge is 0.0775 e. The second kappa shape index (κ2) is 6.20. The number of methoxy groups -OCH3 is 1. The molecule has 0 aliphatic heterocycles. The van der Waals surface area contributed by atoms with Gasteiger partial charge in [0.25, 0.3) is 0 Å². The lowest BCUT2D eigenvalue weighted by Gasteiger charge is -2.17. The van der Waals surface area contributed by atoms with E-state index in [0.717, 1.165) is 13.0 Å². The Bertz CT molecular complexity index is 396. The van der Waals surface area contributed by atoms with E-state index in [2.05, 4.69) is 49.2 Å². The van der Waals surface area contributed by atoms with Gasteiger partial charge in [-0.25, -0.2) is 0 Å². The fraction of sp³-hybridized carbons (Fsp3) is 0.625. The molecule has 1 N–H and O–H groups in total. The Morgan fingerprint density at radius 2 is 1.84 bits per heavy atom. The van der Waals surface area contributed by atoms with Crippen molar-refractivity contribution in [3.63, 3.8) is 0 Å². The monoisotopic (exact) mass is 277 g/mol. The largest absolute Gasteiger partial charge is 0.381 e. The number of rotatable bonds is 5. The molecule has 2 rings (SSSR count). The van der Waals surface area contributed by atoms with Gasteiger partial charge in [0.05, 0.1) is 14.2 Å². The van der Waals surface area contributed by atoms with Crippen LogP contribution in [0.2, 0.25) is 19.6 Å². The van der Waals surface area contributed by atoms with Crippen LogP contribution >= 0.6 is 0 Å². The molecule has 0 amide bonds. The number of hydrogen-bond donors (Lipinski definition) is 1. The molecule has 1 aliphatic carbocycles. The SMILES string of the molecule is COC1CCC(NCc2ccc([Si](C)(C)C)cc2)C1. The van der Waals surface area contributed by atoms with Crippen molar-refractivity contribution in [3.05, 3.63) is 29.8 Å². The molecule has 0 radical (unpaired) electrons. The zero-order valence-electron chi connectivity index (χ0n) is 12.7. The van der Waals surface area contributed by atoms with Crippen LogP contribution in [0, 0.1) is 0 Å². The highest BCUT2D eigenvalue weighted by Gasteiger charge is 2.23. The minimum Gasteiger partial charge on any atom is -0.381 e. The third-order valence-corrected chi connectivity index (χ3v) is 6.20. The Hall–Kier alpha value is -0.643. The first-order valence-electron chi connectivity index (χ1n) is 7.34. The van der Waals surface area contributed by atoms with Gasteiger partial charge in [-0.2, -0.15) is 0 Å². The van der Waals surface area contributed by atoms with E-state index in [4.69, 9.17) is 4.74 Å². The molecule has 19 heavy (non-hydrogen) atoms. The minimum atomic E-state index is -1.16. The molecule has 2 nitrogen and oxygen atoms in total. The summed E-state index contributed by atoms with van der Waals surface area (Å²) in [4.78, 5) is 0. The van der Waals surface area contributed by atoms with Gasteiger partial charge in [0, 0.05) is 19.7 Å². The fourth-order valence-corrected chi connectivity index (χ4v) is 3.89. The van der Waals surface area contributed by atoms with Crippen LogP contribution in [0.1, 0.15) is 24.8 Å². The Balaban J connectivity index is 1.84. The number of hydrogen-bond acceptors (Lipinski definition) is 2. The van der Waals surface area contributed by atoms with Gasteiger partial charge in [-0.15, -0.1) is 0 Å². The maximum Gasteiger partial charge on any atom is 0.0775 e. The van der Waals surface area contributed by atoms with Crippen molar-refractivity contribution in [1.82, 2.24) is 5.32 Å². The zero-order chi connectivity index (χ0) is 13.9. The molecule has 1 saturated carbocycles. The van der Waals surface area contributed by atoms with Gasteiger partial charge in [-0.1, -0.05) is 49.1 Å². The maximum atomic E-state index is 5.41. The van der Waals surface area contributed by atoms with Crippen LogP contribution in [0.5, 0.6) is 0 Å². The summed E-state index contributed by atoms with van der Waals surface area (Å²) in [5, 5.41) is 5.19. The molecule has 1 aliphatic rings. The summed E-state index contributed by atoms with van der Waals surface area (Å²) in [5.74, 6) is 0. The average molecular weight is 277 g/mol. The second-order valence-electron chi connectivity index (χ2n) is 6.70. The minimum absolute atomic E-state index is 0.465. The molecule has 2 unspecified atom stereocenters. The van der Waals surface area contributed by atoms with Crippen molar-refractivity contribution in [2.24, 2.45) is 0 Å². The first-order valence-corrected chi connectivity index (χ1v) is 10.8. The van der Waals surface area contributed by atoms with E-state index in [0.29, 0.717) is 12.1 Å². The summed E-state index contributed by atoms with van der Waals surface area (Å²) in [6.07, 6.45) is 4.06. The molecular weight excluding hydrogens is 250 g/mol. The first-order chi connectivity index (χ1) is 8.99. The number of nitrogens with one attached hydrogen (secondary N) is 1. The van der Waals surface area contributed by atoms with Crippen LogP contribution in [-0.2, 0) is 11.3 Å². The molecular formula is C16H27NOSi. The predicted molar refractivity (Wildman–Crippen MR) is 84.7 cm³/mol. The molecule has 2 atom stereocenters. The zero-order valence-corrected chi connectivity index (χ0v) is 13.7. The molecule has 3 heteroatoms. The van der Waals surface area contributed by atoms with Crippen molar-refractivity contribution in [2.45, 2.75) is 57.6 Å². The highest BCUT2D eigenvalue weighted by Crippen LogP contribution is 2.21. The van der Waals surface area contributed by atoms with E-state index >= 15 is 0 Å². The second-order valence-corrected chi connectivity index (χ2v) is 11.8. The average Bonchev–Trinajstić information content (AvgIpc) is 2.84. The van der Waals surface area contributed by atoms with E-state index in [9.17, 15) is 0 Å². The Morgan fingerprint density at radius 1 is 1.16 bits per heavy atom. The quantitative estimate of drug-likeness (QED) is 0.836. The Kier molecular flexibility index (Phi) is 4.82. The van der Waals surface area contributed by atoms with Gasteiger partial charge < -0.3 is 10.1 Å². The van der Waals surface area contributed by atoms with Crippen LogP contribution in [0.25, 0.3) is 0 Å². The highest BCUT2D eigenvalue weighted by atomic mass is 28.3. The normalized spacial score (nSPS) is 23.8. The van der Waals surface area contributed by atoms with Crippen LogP contribution < -0.4 is 10.5 Å². The van der Waals surface area contributed by atoms with Crippen LogP contribution in [0.4, 0.5) is 0 Å². The summed E-state index contributed by atoms with van der Waals surface area (Å²) >= 11 is 0. The van der Waals surface area contributed by atoms with Gasteiger partial charge in [0.2, 0.25) is 0 Å². The standard InChI is InChI=1S/C16H27NOSi/c1-18-15-8-7-14(11-15)17-12-13-5-9-16(10-6-13)19(2,3)4/h5-6,9-10,14-15,17H,7-8,11-12H2,1-4H3. The Labute approximate surface area is 118 Å². The molecule has 0 heterocycles. The van der Waals surface area contributed by atoms with Gasteiger partial charge in [-0.05, 0) is 24.8 Å². The lowest BCUT2D eigenvalue weighted by Crippen LogP contribution is -2.37. The topological polar surface area (TPSA) is 21.3 Å². The summed E-state index contributed by atoms with van der Waals surface area (Å²) < 4.78 is 5.41. The molecule has 1 fully saturated rings. The van der Waals surface area contributed by atoms with E-state index in [1.807, 2.05) is 7.11 Å². The van der Waals surface area contributed by atoms with Crippen molar-refractivity contribution >= 4 is 13.3 Å². The van der Waals surface area contributed by atoms with Crippen molar-refractivity contribution in [2.75, 3.05) is 7.11 Å². The van der Waals surface area contributed by atoms with Crippen LogP contribution in [0.15, 0.2) is 24.3 Å². The van der Waals surface area contributed by atoms with E-state index in [-0.39, 0.29) is 0 Å². The van der Waals surface area contributed by atoms with Gasteiger partial charge in [-0.3, -0.25) is 0 Å². The maximum absolute atomic E-state index is 5.41. The number of ether oxygens (including phenoxy) is 1. The molecule has 1 aromatic carbocycles. The summed E-state index contributed by atoms with van der Waals surface area (Å²) in [5.41, 5.74) is 1.39. The van der Waals surface area contributed by atoms with Crippen molar-refractivity contribution in [1.29, 1.82) is 0 Å². The van der Waals surface area contributed by atoms with Crippen molar-refractivity contribution < 1.29 is 4.74 Å². The highest BCUT2D eigenvalue weighted by molar-refractivity contribution is 6.88. The fourth-order valence-electron chi connectivity index (χ4n) is 2.72. The molecule has 0 bridgehead atoms. The van der Waals surface area contributed by atoms with E-state index in [1.54, 1.807) is 0 Å². The summed E-state index contributed by atoms with van der Waals surface area (Å²) in [6.45, 7) is 8.16. The van der Waals surface area contributed by atoms with Crippen molar-refractivity contribution in [3.8, 4) is 0 Å². The number of benzene rings is 1. The lowest BCUT2D eigenvalue weighted by atomic mass is 10.2. The van der Waals surface area contributed by atoms with Gasteiger partial charge in [0.15, 0.2) is 0 Å². The van der Waals surface area contributed by atoms with Crippen LogP contribution in [-0.4, -0.2) is 27.3 Å². The van der Waals surface area contributed by atoms with Crippen LogP contribution in [0.3, 0.4) is 0 Å². The third kappa shape index (κ3) is 4.16. The third-order valence-electron chi connectivity index (χ3n) is 4.13. The molecule has 106 valence electrons. The molecule has 0 saturated heterocycles. The lowest BCUT2D eigenvalue weighted by molar-refractivity contribution is 0.107. The van der Waals surface area contributed by atoms with Gasteiger partial charge in [0.1, 0.15) is 0 Å². The first kappa shape index (κ1) is 14.8. The molecule has 1 aromatic rings. The Morgan fingerprint density at radius 3 is 2.37 bits per heavy atom. The van der Waals surface area contributed by atoms with E-state index in [1.165, 1.54) is 23.6 Å². The van der Waals surface area contributed by atoms with E-state index < -0.39 is 8.07 Å².